The standard InChI is InChI=1S/C12H17NO2/c1-2-4-13-5-3-9-6-11(14)12(15)7-10(9)8-13/h6-7,14-15H,2-5,8H2,1H3. The van der Waals surface area contributed by atoms with Crippen molar-refractivity contribution in [2.75, 3.05) is 13.1 Å². The lowest BCUT2D eigenvalue weighted by Crippen LogP contribution is -2.30. The fourth-order valence-electron chi connectivity index (χ4n) is 2.15. The molecule has 1 aromatic carbocycles. The van der Waals surface area contributed by atoms with Crippen LogP contribution in [0, 0.1) is 0 Å². The van der Waals surface area contributed by atoms with Crippen LogP contribution in [0.25, 0.3) is 0 Å². The molecule has 0 spiro atoms. The topological polar surface area (TPSA) is 43.7 Å². The van der Waals surface area contributed by atoms with Crippen LogP contribution in [0.1, 0.15) is 24.5 Å². The van der Waals surface area contributed by atoms with Gasteiger partial charge in [-0.25, -0.2) is 0 Å². The van der Waals surface area contributed by atoms with Gasteiger partial charge in [0.1, 0.15) is 0 Å². The van der Waals surface area contributed by atoms with Crippen molar-refractivity contribution in [3.05, 3.63) is 23.3 Å². The molecule has 0 unspecified atom stereocenters. The van der Waals surface area contributed by atoms with Crippen LogP contribution in [-0.4, -0.2) is 28.2 Å². The van der Waals surface area contributed by atoms with E-state index in [0.717, 1.165) is 43.6 Å². The van der Waals surface area contributed by atoms with E-state index in [0.29, 0.717) is 0 Å². The number of rotatable bonds is 2. The van der Waals surface area contributed by atoms with Crippen molar-refractivity contribution in [3.8, 4) is 11.5 Å². The second-order valence-corrected chi connectivity index (χ2v) is 4.14. The number of phenolic OH excluding ortho intramolecular Hbond substituents is 2. The molecule has 0 saturated heterocycles. The van der Waals surface area contributed by atoms with E-state index in [4.69, 9.17) is 0 Å². The first-order valence-electron chi connectivity index (χ1n) is 5.46. The molecule has 1 aliphatic heterocycles. The fraction of sp³-hybridized carbons (Fsp3) is 0.500. The number of fused-ring (bicyclic) bond motifs is 1. The van der Waals surface area contributed by atoms with Crippen molar-refractivity contribution in [3.63, 3.8) is 0 Å². The van der Waals surface area contributed by atoms with Crippen molar-refractivity contribution in [2.45, 2.75) is 26.3 Å². The highest BCUT2D eigenvalue weighted by atomic mass is 16.3. The summed E-state index contributed by atoms with van der Waals surface area (Å²) in [5.74, 6) is -0.00945. The predicted molar refractivity (Wildman–Crippen MR) is 59.0 cm³/mol. The van der Waals surface area contributed by atoms with Crippen LogP contribution in [0.4, 0.5) is 0 Å². The maximum atomic E-state index is 9.42. The van der Waals surface area contributed by atoms with Crippen molar-refractivity contribution in [1.82, 2.24) is 4.90 Å². The van der Waals surface area contributed by atoms with Gasteiger partial charge >= 0.3 is 0 Å². The Balaban J connectivity index is 2.22. The van der Waals surface area contributed by atoms with Crippen LogP contribution in [0.3, 0.4) is 0 Å². The highest BCUT2D eigenvalue weighted by Crippen LogP contribution is 2.31. The van der Waals surface area contributed by atoms with Crippen LogP contribution in [0.5, 0.6) is 11.5 Å². The summed E-state index contributed by atoms with van der Waals surface area (Å²) in [4.78, 5) is 2.37. The largest absolute Gasteiger partial charge is 0.504 e. The van der Waals surface area contributed by atoms with E-state index in [9.17, 15) is 10.2 Å². The van der Waals surface area contributed by atoms with Gasteiger partial charge in [-0.05, 0) is 42.6 Å². The number of nitrogens with zero attached hydrogens (tertiary/aromatic N) is 1. The Morgan fingerprint density at radius 1 is 1.20 bits per heavy atom. The molecule has 0 amide bonds. The van der Waals surface area contributed by atoms with Crippen LogP contribution >= 0.6 is 0 Å². The summed E-state index contributed by atoms with van der Waals surface area (Å²) in [7, 11) is 0. The first-order chi connectivity index (χ1) is 7.20. The molecule has 3 nitrogen and oxygen atoms in total. The third-order valence-electron chi connectivity index (χ3n) is 2.93. The lowest BCUT2D eigenvalue weighted by atomic mass is 9.99. The zero-order valence-corrected chi connectivity index (χ0v) is 9.03. The summed E-state index contributed by atoms with van der Waals surface area (Å²) >= 11 is 0. The molecule has 0 fully saturated rings. The molecule has 0 radical (unpaired) electrons. The Hall–Kier alpha value is -1.22. The van der Waals surface area contributed by atoms with Crippen LogP contribution < -0.4 is 0 Å². The van der Waals surface area contributed by atoms with E-state index in [1.807, 2.05) is 0 Å². The second-order valence-electron chi connectivity index (χ2n) is 4.14. The van der Waals surface area contributed by atoms with Crippen LogP contribution in [0.2, 0.25) is 0 Å². The van der Waals surface area contributed by atoms with Crippen LogP contribution in [-0.2, 0) is 13.0 Å². The zero-order chi connectivity index (χ0) is 10.8. The minimum Gasteiger partial charge on any atom is -0.504 e. The molecule has 2 rings (SSSR count). The molecular weight excluding hydrogens is 190 g/mol. The summed E-state index contributed by atoms with van der Waals surface area (Å²) in [6.07, 6.45) is 2.11. The Kier molecular flexibility index (Phi) is 2.82. The Bertz CT molecular complexity index is 363. The van der Waals surface area contributed by atoms with Gasteiger partial charge in [-0.2, -0.15) is 0 Å². The number of hydrogen-bond acceptors (Lipinski definition) is 3. The highest BCUT2D eigenvalue weighted by Gasteiger charge is 2.17. The van der Waals surface area contributed by atoms with Crippen LogP contribution in [0.15, 0.2) is 12.1 Å². The quantitative estimate of drug-likeness (QED) is 0.727. The molecule has 1 aromatic rings. The number of benzene rings is 1. The van der Waals surface area contributed by atoms with E-state index in [2.05, 4.69) is 11.8 Å². The molecule has 0 aliphatic carbocycles. The number of aromatic hydroxyl groups is 2. The normalized spacial score (nSPS) is 16.3. The van der Waals surface area contributed by atoms with Gasteiger partial charge < -0.3 is 10.2 Å². The van der Waals surface area contributed by atoms with Crippen molar-refractivity contribution >= 4 is 0 Å². The number of phenols is 2. The van der Waals surface area contributed by atoms with Gasteiger partial charge in [0.15, 0.2) is 11.5 Å². The lowest BCUT2D eigenvalue weighted by Gasteiger charge is -2.28. The molecule has 15 heavy (non-hydrogen) atoms. The Morgan fingerprint density at radius 2 is 1.87 bits per heavy atom. The van der Waals surface area contributed by atoms with Gasteiger partial charge in [0, 0.05) is 13.1 Å². The van der Waals surface area contributed by atoms with E-state index >= 15 is 0 Å². The zero-order valence-electron chi connectivity index (χ0n) is 9.03. The van der Waals surface area contributed by atoms with Gasteiger partial charge in [0.25, 0.3) is 0 Å². The van der Waals surface area contributed by atoms with E-state index in [1.165, 1.54) is 0 Å². The molecule has 0 bridgehead atoms. The third-order valence-corrected chi connectivity index (χ3v) is 2.93. The van der Waals surface area contributed by atoms with Gasteiger partial charge in [-0.3, -0.25) is 4.90 Å². The van der Waals surface area contributed by atoms with Gasteiger partial charge in [0.05, 0.1) is 0 Å². The van der Waals surface area contributed by atoms with Crippen molar-refractivity contribution in [1.29, 1.82) is 0 Å². The SMILES string of the molecule is CCCN1CCc2cc(O)c(O)cc2C1. The second kappa shape index (κ2) is 4.11. The molecule has 2 N–H and O–H groups in total. The Labute approximate surface area is 90.0 Å². The minimum atomic E-state index is -0.00732. The summed E-state index contributed by atoms with van der Waals surface area (Å²) in [5.41, 5.74) is 2.31. The summed E-state index contributed by atoms with van der Waals surface area (Å²) in [6.45, 7) is 5.20. The van der Waals surface area contributed by atoms with Gasteiger partial charge in [-0.15, -0.1) is 0 Å². The van der Waals surface area contributed by atoms with E-state index in [1.54, 1.807) is 12.1 Å². The minimum absolute atomic E-state index is 0.00214. The predicted octanol–water partition coefficient (Wildman–Crippen LogP) is 1.87. The smallest absolute Gasteiger partial charge is 0.157 e. The first kappa shape index (κ1) is 10.3. The molecule has 82 valence electrons. The molecule has 1 heterocycles. The molecule has 0 aromatic heterocycles. The molecular formula is C12H17NO2. The third kappa shape index (κ3) is 2.07. The monoisotopic (exact) mass is 207 g/mol. The van der Waals surface area contributed by atoms with Gasteiger partial charge in [-0.1, -0.05) is 6.92 Å². The summed E-state index contributed by atoms with van der Waals surface area (Å²) in [5, 5.41) is 18.8. The van der Waals surface area contributed by atoms with Gasteiger partial charge in [0.2, 0.25) is 0 Å². The average molecular weight is 207 g/mol. The average Bonchev–Trinajstić information content (AvgIpc) is 2.21. The highest BCUT2D eigenvalue weighted by molar-refractivity contribution is 5.46. The lowest BCUT2D eigenvalue weighted by molar-refractivity contribution is 0.253. The van der Waals surface area contributed by atoms with E-state index < -0.39 is 0 Å². The molecule has 1 aliphatic rings. The van der Waals surface area contributed by atoms with Crippen molar-refractivity contribution in [2.24, 2.45) is 0 Å². The summed E-state index contributed by atoms with van der Waals surface area (Å²) < 4.78 is 0. The maximum Gasteiger partial charge on any atom is 0.157 e. The fourth-order valence-corrected chi connectivity index (χ4v) is 2.15. The molecule has 0 atom stereocenters. The summed E-state index contributed by atoms with van der Waals surface area (Å²) in [6, 6.07) is 3.38. The molecule has 0 saturated carbocycles. The number of hydrogen-bond donors (Lipinski definition) is 2. The molecule has 3 heteroatoms. The van der Waals surface area contributed by atoms with E-state index in [-0.39, 0.29) is 11.5 Å². The Morgan fingerprint density at radius 3 is 2.53 bits per heavy atom. The maximum absolute atomic E-state index is 9.42. The first-order valence-corrected chi connectivity index (χ1v) is 5.46. The van der Waals surface area contributed by atoms with Crippen molar-refractivity contribution < 1.29 is 10.2 Å².